The molecule has 2 amide bonds. The Labute approximate surface area is 190 Å². The van der Waals surface area contributed by atoms with Crippen LogP contribution in [0.4, 0.5) is 5.69 Å². The number of nitrogens with zero attached hydrogens (tertiary/aromatic N) is 2. The van der Waals surface area contributed by atoms with Crippen molar-refractivity contribution in [1.29, 1.82) is 0 Å². The molecule has 0 spiro atoms. The first-order chi connectivity index (χ1) is 15.5. The minimum atomic E-state index is -0.455. The van der Waals surface area contributed by atoms with Gasteiger partial charge in [0.15, 0.2) is 0 Å². The highest BCUT2D eigenvalue weighted by Crippen LogP contribution is 2.35. The summed E-state index contributed by atoms with van der Waals surface area (Å²) in [5, 5.41) is 3.63. The molecular formula is C24H20ClN3O4. The number of benzene rings is 2. The van der Waals surface area contributed by atoms with E-state index in [1.165, 1.54) is 12.0 Å². The van der Waals surface area contributed by atoms with Crippen LogP contribution in [0.2, 0.25) is 5.02 Å². The van der Waals surface area contributed by atoms with E-state index < -0.39 is 11.8 Å². The van der Waals surface area contributed by atoms with Crippen LogP contribution in [0, 0.1) is 0 Å². The van der Waals surface area contributed by atoms with Crippen molar-refractivity contribution in [2.45, 2.75) is 6.54 Å². The lowest BCUT2D eigenvalue weighted by molar-refractivity contribution is -0.137. The largest absolute Gasteiger partial charge is 0.497 e. The minimum Gasteiger partial charge on any atom is -0.497 e. The lowest BCUT2D eigenvalue weighted by Crippen LogP contribution is -2.32. The number of carbonyl (C=O) groups excluding carboxylic acids is 2. The number of anilines is 1. The Hall–Kier alpha value is -3.84. The first-order valence-electron chi connectivity index (χ1n) is 9.77. The van der Waals surface area contributed by atoms with Crippen molar-refractivity contribution in [1.82, 2.24) is 9.88 Å². The maximum atomic E-state index is 13.4. The lowest BCUT2D eigenvalue weighted by Gasteiger charge is -2.15. The van der Waals surface area contributed by atoms with Crippen molar-refractivity contribution in [3.63, 3.8) is 0 Å². The maximum absolute atomic E-state index is 13.4. The van der Waals surface area contributed by atoms with Crippen LogP contribution < -0.4 is 14.8 Å². The highest BCUT2D eigenvalue weighted by atomic mass is 35.5. The van der Waals surface area contributed by atoms with E-state index in [4.69, 9.17) is 21.1 Å². The van der Waals surface area contributed by atoms with Crippen molar-refractivity contribution in [3.8, 4) is 11.5 Å². The van der Waals surface area contributed by atoms with Gasteiger partial charge in [-0.2, -0.15) is 0 Å². The SMILES string of the molecule is COc1ccc(NC2=C(c3ccc(Cl)cc3)C(=O)N(Cc3ccccn3)C2=O)c(OC)c1. The molecule has 1 aromatic heterocycles. The summed E-state index contributed by atoms with van der Waals surface area (Å²) in [7, 11) is 3.07. The average Bonchev–Trinajstić information content (AvgIpc) is 3.05. The molecule has 32 heavy (non-hydrogen) atoms. The summed E-state index contributed by atoms with van der Waals surface area (Å²) in [5.74, 6) is 0.196. The van der Waals surface area contributed by atoms with Gasteiger partial charge in [0.25, 0.3) is 11.8 Å². The summed E-state index contributed by atoms with van der Waals surface area (Å²) in [4.78, 5) is 32.1. The number of nitrogens with one attached hydrogen (secondary N) is 1. The van der Waals surface area contributed by atoms with Crippen LogP contribution in [0.3, 0.4) is 0 Å². The molecule has 1 aliphatic heterocycles. The number of methoxy groups -OCH3 is 2. The number of hydrogen-bond donors (Lipinski definition) is 1. The van der Waals surface area contributed by atoms with Gasteiger partial charge in [0, 0.05) is 17.3 Å². The molecule has 0 aliphatic carbocycles. The molecular weight excluding hydrogens is 430 g/mol. The number of amides is 2. The van der Waals surface area contributed by atoms with Gasteiger partial charge in [-0.15, -0.1) is 0 Å². The molecule has 0 radical (unpaired) electrons. The van der Waals surface area contributed by atoms with E-state index in [1.54, 1.807) is 67.9 Å². The molecule has 0 fully saturated rings. The molecule has 0 unspecified atom stereocenters. The molecule has 1 N–H and O–H groups in total. The summed E-state index contributed by atoms with van der Waals surface area (Å²) < 4.78 is 10.7. The van der Waals surface area contributed by atoms with E-state index in [0.717, 1.165) is 0 Å². The van der Waals surface area contributed by atoms with Crippen LogP contribution in [-0.4, -0.2) is 35.9 Å². The molecule has 0 atom stereocenters. The number of pyridine rings is 1. The molecule has 0 bridgehead atoms. The zero-order valence-corrected chi connectivity index (χ0v) is 18.2. The fourth-order valence-corrected chi connectivity index (χ4v) is 3.54. The van der Waals surface area contributed by atoms with E-state index in [9.17, 15) is 9.59 Å². The van der Waals surface area contributed by atoms with Crippen LogP contribution in [0.15, 0.2) is 72.6 Å². The number of halogens is 1. The second-order valence-corrected chi connectivity index (χ2v) is 7.40. The fourth-order valence-electron chi connectivity index (χ4n) is 3.41. The zero-order valence-electron chi connectivity index (χ0n) is 17.5. The smallest absolute Gasteiger partial charge is 0.278 e. The summed E-state index contributed by atoms with van der Waals surface area (Å²) in [6.07, 6.45) is 1.62. The predicted octanol–water partition coefficient (Wildman–Crippen LogP) is 4.14. The molecule has 8 heteroatoms. The number of carbonyl (C=O) groups is 2. The van der Waals surface area contributed by atoms with Crippen molar-refractivity contribution in [3.05, 3.63) is 88.8 Å². The zero-order chi connectivity index (χ0) is 22.7. The van der Waals surface area contributed by atoms with Gasteiger partial charge in [0.2, 0.25) is 0 Å². The molecule has 2 aromatic carbocycles. The van der Waals surface area contributed by atoms with Crippen LogP contribution in [0.1, 0.15) is 11.3 Å². The van der Waals surface area contributed by atoms with Crippen LogP contribution >= 0.6 is 11.6 Å². The molecule has 0 saturated carbocycles. The second kappa shape index (κ2) is 9.11. The predicted molar refractivity (Wildman–Crippen MR) is 121 cm³/mol. The molecule has 2 heterocycles. The topological polar surface area (TPSA) is 80.8 Å². The van der Waals surface area contributed by atoms with Crippen molar-refractivity contribution in [2.24, 2.45) is 0 Å². The number of hydrogen-bond acceptors (Lipinski definition) is 6. The number of ether oxygens (including phenoxy) is 2. The van der Waals surface area contributed by atoms with Crippen LogP contribution in [-0.2, 0) is 16.1 Å². The molecule has 1 aliphatic rings. The van der Waals surface area contributed by atoms with Gasteiger partial charge in [-0.3, -0.25) is 19.5 Å². The Morgan fingerprint density at radius 3 is 2.41 bits per heavy atom. The summed E-state index contributed by atoms with van der Waals surface area (Å²) in [6.45, 7) is 0.0561. The Bertz CT molecular complexity index is 1190. The average molecular weight is 450 g/mol. The van der Waals surface area contributed by atoms with Crippen LogP contribution in [0.5, 0.6) is 11.5 Å². The van der Waals surface area contributed by atoms with Crippen molar-refractivity contribution >= 4 is 34.7 Å². The highest BCUT2D eigenvalue weighted by Gasteiger charge is 2.39. The van der Waals surface area contributed by atoms with Gasteiger partial charge in [-0.1, -0.05) is 29.8 Å². The lowest BCUT2D eigenvalue weighted by atomic mass is 10.0. The van der Waals surface area contributed by atoms with Gasteiger partial charge in [0.1, 0.15) is 17.2 Å². The Morgan fingerprint density at radius 1 is 0.969 bits per heavy atom. The number of imide groups is 1. The van der Waals surface area contributed by atoms with Gasteiger partial charge in [-0.25, -0.2) is 0 Å². The monoisotopic (exact) mass is 449 g/mol. The third-order valence-corrected chi connectivity index (χ3v) is 5.27. The van der Waals surface area contributed by atoms with Crippen LogP contribution in [0.25, 0.3) is 5.57 Å². The molecule has 162 valence electrons. The molecule has 4 rings (SSSR count). The Balaban J connectivity index is 1.76. The second-order valence-electron chi connectivity index (χ2n) is 6.97. The summed E-state index contributed by atoms with van der Waals surface area (Å²) >= 11 is 6.02. The van der Waals surface area contributed by atoms with E-state index >= 15 is 0 Å². The molecule has 3 aromatic rings. The van der Waals surface area contributed by atoms with E-state index in [1.807, 2.05) is 6.07 Å². The number of aromatic nitrogens is 1. The van der Waals surface area contributed by atoms with Gasteiger partial charge < -0.3 is 14.8 Å². The summed E-state index contributed by atoms with van der Waals surface area (Å²) in [6, 6.07) is 17.3. The van der Waals surface area contributed by atoms with Crippen molar-refractivity contribution in [2.75, 3.05) is 19.5 Å². The normalized spacial score (nSPS) is 13.5. The van der Waals surface area contributed by atoms with Crippen molar-refractivity contribution < 1.29 is 19.1 Å². The third-order valence-electron chi connectivity index (χ3n) is 5.02. The highest BCUT2D eigenvalue weighted by molar-refractivity contribution is 6.36. The minimum absolute atomic E-state index is 0.0561. The van der Waals surface area contributed by atoms with E-state index in [-0.39, 0.29) is 17.8 Å². The van der Waals surface area contributed by atoms with E-state index in [2.05, 4.69) is 10.3 Å². The van der Waals surface area contributed by atoms with Gasteiger partial charge in [-0.05, 0) is 42.0 Å². The standard InChI is InChI=1S/C24H20ClN3O4/c1-31-18-10-11-19(20(13-18)32-2)27-22-21(15-6-8-16(25)9-7-15)23(29)28(24(22)30)14-17-5-3-4-12-26-17/h3-13,27H,14H2,1-2H3. The van der Waals surface area contributed by atoms with Gasteiger partial charge in [0.05, 0.1) is 37.7 Å². The number of rotatable bonds is 7. The first-order valence-corrected chi connectivity index (χ1v) is 10.1. The summed E-state index contributed by atoms with van der Waals surface area (Å²) in [5.41, 5.74) is 2.10. The van der Waals surface area contributed by atoms with E-state index in [0.29, 0.717) is 33.5 Å². The molecule has 7 nitrogen and oxygen atoms in total. The quantitative estimate of drug-likeness (QED) is 0.546. The maximum Gasteiger partial charge on any atom is 0.278 e. The Kier molecular flexibility index (Phi) is 6.09. The fraction of sp³-hybridized carbons (Fsp3) is 0.125. The molecule has 0 saturated heterocycles. The van der Waals surface area contributed by atoms with Gasteiger partial charge >= 0.3 is 0 Å². The Morgan fingerprint density at radius 2 is 1.75 bits per heavy atom. The first kappa shape index (κ1) is 21.4. The third kappa shape index (κ3) is 4.15.